The smallest absolute Gasteiger partial charge is 0.165 e. The van der Waals surface area contributed by atoms with E-state index < -0.39 is 11.5 Å². The summed E-state index contributed by atoms with van der Waals surface area (Å²) in [4.78, 5) is 0. The number of hydrogen-bond acceptors (Lipinski definition) is 2. The van der Waals surface area contributed by atoms with Crippen LogP contribution in [0.1, 0.15) is 36.8 Å². The predicted molar refractivity (Wildman–Crippen MR) is 119 cm³/mol. The van der Waals surface area contributed by atoms with E-state index in [1.165, 1.54) is 6.07 Å². The van der Waals surface area contributed by atoms with Gasteiger partial charge in [0.25, 0.3) is 0 Å². The molecule has 0 amide bonds. The molecule has 0 spiro atoms. The Bertz CT molecular complexity index is 1030. The quantitative estimate of drug-likeness (QED) is 0.336. The Balaban J connectivity index is 1.31. The van der Waals surface area contributed by atoms with Gasteiger partial charge in [-0.05, 0) is 73.7 Å². The van der Waals surface area contributed by atoms with E-state index >= 15 is 0 Å². The van der Waals surface area contributed by atoms with Gasteiger partial charge in [-0.25, -0.2) is 8.78 Å². The zero-order valence-electron chi connectivity index (χ0n) is 17.6. The van der Waals surface area contributed by atoms with Crippen LogP contribution in [0.4, 0.5) is 8.78 Å². The maximum atomic E-state index is 15.0. The first-order valence-corrected chi connectivity index (χ1v) is 10.7. The molecule has 1 aliphatic rings. The second-order valence-electron chi connectivity index (χ2n) is 7.81. The molecule has 1 saturated carbocycles. The summed E-state index contributed by atoms with van der Waals surface area (Å²) in [5.41, 5.74) is 0.665. The van der Waals surface area contributed by atoms with Crippen LogP contribution in [0.3, 0.4) is 0 Å². The Morgan fingerprint density at radius 2 is 1.77 bits per heavy atom. The molecule has 0 heterocycles. The second-order valence-corrected chi connectivity index (χ2v) is 7.81. The molecular weight excluding hydrogens is 394 g/mol. The van der Waals surface area contributed by atoms with Crippen LogP contribution >= 0.6 is 0 Å². The molecule has 0 saturated heterocycles. The number of benzene rings is 3. The van der Waals surface area contributed by atoms with Gasteiger partial charge in [0.1, 0.15) is 17.2 Å². The third kappa shape index (κ3) is 5.32. The highest BCUT2D eigenvalue weighted by molar-refractivity contribution is 5.39. The summed E-state index contributed by atoms with van der Waals surface area (Å²) >= 11 is 0. The third-order valence-corrected chi connectivity index (χ3v) is 5.49. The van der Waals surface area contributed by atoms with E-state index in [1.54, 1.807) is 30.3 Å². The molecule has 1 fully saturated rings. The van der Waals surface area contributed by atoms with Crippen molar-refractivity contribution in [2.24, 2.45) is 0 Å². The van der Waals surface area contributed by atoms with Gasteiger partial charge < -0.3 is 9.47 Å². The first-order valence-electron chi connectivity index (χ1n) is 10.7. The summed E-state index contributed by atoms with van der Waals surface area (Å²) in [7, 11) is 0. The molecule has 4 rings (SSSR count). The molecule has 1 aliphatic carbocycles. The maximum absolute atomic E-state index is 15.0. The summed E-state index contributed by atoms with van der Waals surface area (Å²) in [6.45, 7) is 2.56. The summed E-state index contributed by atoms with van der Waals surface area (Å²) in [5, 5.41) is 0. The Labute approximate surface area is 182 Å². The van der Waals surface area contributed by atoms with Gasteiger partial charge in [-0.3, -0.25) is 0 Å². The largest absolute Gasteiger partial charge is 0.494 e. The molecule has 2 unspecified atom stereocenters. The van der Waals surface area contributed by atoms with Crippen molar-refractivity contribution >= 4 is 0 Å². The lowest BCUT2D eigenvalue weighted by atomic mass is 10.1. The highest BCUT2D eigenvalue weighted by atomic mass is 19.1. The Morgan fingerprint density at radius 1 is 1.00 bits per heavy atom. The van der Waals surface area contributed by atoms with Gasteiger partial charge in [0, 0.05) is 5.92 Å². The topological polar surface area (TPSA) is 18.5 Å². The van der Waals surface area contributed by atoms with Gasteiger partial charge >= 0.3 is 0 Å². The minimum absolute atomic E-state index is 0.101. The normalized spacial score (nSPS) is 20.0. The van der Waals surface area contributed by atoms with E-state index in [4.69, 9.17) is 9.47 Å². The molecule has 31 heavy (non-hydrogen) atoms. The van der Waals surface area contributed by atoms with Gasteiger partial charge in [0.15, 0.2) is 11.6 Å². The summed E-state index contributed by atoms with van der Waals surface area (Å²) < 4.78 is 40.2. The lowest BCUT2D eigenvalue weighted by Crippen LogP contribution is -1.99. The molecule has 4 heteroatoms. The molecule has 0 aromatic heterocycles. The van der Waals surface area contributed by atoms with Crippen LogP contribution in [-0.4, -0.2) is 12.3 Å². The first kappa shape index (κ1) is 21.1. The van der Waals surface area contributed by atoms with E-state index in [-0.39, 0.29) is 11.7 Å². The first-order chi connectivity index (χ1) is 15.1. The molecular formula is C27H26F2O2. The molecule has 0 N–H and O–H groups in total. The predicted octanol–water partition coefficient (Wildman–Crippen LogP) is 7.40. The molecule has 160 valence electrons. The number of halogens is 2. The van der Waals surface area contributed by atoms with Gasteiger partial charge in [-0.15, -0.1) is 0 Å². The molecule has 2 nitrogen and oxygen atoms in total. The van der Waals surface area contributed by atoms with Gasteiger partial charge in [0.2, 0.25) is 0 Å². The lowest BCUT2D eigenvalue weighted by molar-refractivity contribution is 0.340. The third-order valence-electron chi connectivity index (χ3n) is 5.49. The van der Waals surface area contributed by atoms with E-state index in [2.05, 4.69) is 0 Å². The van der Waals surface area contributed by atoms with E-state index in [0.717, 1.165) is 16.9 Å². The number of allylic oxidation sites excluding steroid dienone is 2. The average molecular weight is 420 g/mol. The zero-order valence-corrected chi connectivity index (χ0v) is 17.6. The summed E-state index contributed by atoms with van der Waals surface area (Å²) in [5.74, 6) is 1.10. The zero-order chi connectivity index (χ0) is 21.7. The van der Waals surface area contributed by atoms with Crippen LogP contribution in [0.2, 0.25) is 0 Å². The lowest BCUT2D eigenvalue weighted by Gasteiger charge is -2.08. The number of alkyl halides is 1. The number of para-hydroxylation sites is 1. The number of ether oxygens (including phenoxy) is 2. The van der Waals surface area contributed by atoms with Gasteiger partial charge in [-0.1, -0.05) is 48.6 Å². The molecule has 0 aliphatic heterocycles. The highest BCUT2D eigenvalue weighted by Crippen LogP contribution is 2.55. The van der Waals surface area contributed by atoms with E-state index in [9.17, 15) is 8.78 Å². The number of rotatable bonds is 9. The average Bonchev–Trinajstić information content (AvgIpc) is 3.46. The maximum Gasteiger partial charge on any atom is 0.165 e. The van der Waals surface area contributed by atoms with Crippen LogP contribution in [0.15, 0.2) is 84.9 Å². The van der Waals surface area contributed by atoms with Crippen LogP contribution in [0.25, 0.3) is 0 Å². The molecule has 2 atom stereocenters. The SMILES string of the molecule is CCOc1ccc(C2CC2(F)C=CCCc2ccc(F)c(Oc3ccccc3)c2)cc1. The van der Waals surface area contributed by atoms with Crippen molar-refractivity contribution in [1.82, 2.24) is 0 Å². The number of aryl methyl sites for hydroxylation is 1. The molecule has 3 aromatic carbocycles. The molecule has 0 radical (unpaired) electrons. The van der Waals surface area contributed by atoms with Crippen molar-refractivity contribution in [2.75, 3.05) is 6.61 Å². The van der Waals surface area contributed by atoms with Crippen LogP contribution in [-0.2, 0) is 6.42 Å². The van der Waals surface area contributed by atoms with Crippen LogP contribution in [0.5, 0.6) is 17.2 Å². The van der Waals surface area contributed by atoms with Gasteiger partial charge in [-0.2, -0.15) is 0 Å². The van der Waals surface area contributed by atoms with E-state index in [0.29, 0.717) is 31.6 Å². The highest BCUT2D eigenvalue weighted by Gasteiger charge is 2.53. The Kier molecular flexibility index (Phi) is 6.36. The van der Waals surface area contributed by atoms with Crippen molar-refractivity contribution in [3.05, 3.63) is 102 Å². The van der Waals surface area contributed by atoms with Crippen molar-refractivity contribution in [1.29, 1.82) is 0 Å². The van der Waals surface area contributed by atoms with Gasteiger partial charge in [0.05, 0.1) is 6.61 Å². The van der Waals surface area contributed by atoms with Crippen LogP contribution in [0, 0.1) is 5.82 Å². The standard InChI is InChI=1S/C27H26F2O2/c1-2-30-22-14-12-21(13-15-22)24-19-27(24,29)17-7-6-8-20-11-16-25(28)26(18-20)31-23-9-4-3-5-10-23/h3-5,7,9-18,24H,2,6,8,19H2,1H3. The van der Waals surface area contributed by atoms with Crippen molar-refractivity contribution < 1.29 is 18.3 Å². The second kappa shape index (κ2) is 9.34. The fourth-order valence-corrected chi connectivity index (χ4v) is 3.72. The molecule has 3 aromatic rings. The van der Waals surface area contributed by atoms with Crippen LogP contribution < -0.4 is 9.47 Å². The Morgan fingerprint density at radius 3 is 2.52 bits per heavy atom. The number of hydrogen-bond donors (Lipinski definition) is 0. The van der Waals surface area contributed by atoms with E-state index in [1.807, 2.05) is 55.5 Å². The fourth-order valence-electron chi connectivity index (χ4n) is 3.72. The minimum atomic E-state index is -1.28. The van der Waals surface area contributed by atoms with Crippen molar-refractivity contribution in [3.63, 3.8) is 0 Å². The summed E-state index contributed by atoms with van der Waals surface area (Å²) in [6, 6.07) is 21.7. The van der Waals surface area contributed by atoms with Crippen molar-refractivity contribution in [2.45, 2.75) is 37.8 Å². The fraction of sp³-hybridized carbons (Fsp3) is 0.259. The van der Waals surface area contributed by atoms with Crippen molar-refractivity contribution in [3.8, 4) is 17.2 Å². The Hall–Kier alpha value is -3.14. The minimum Gasteiger partial charge on any atom is -0.494 e. The monoisotopic (exact) mass is 420 g/mol. The molecule has 0 bridgehead atoms. The summed E-state index contributed by atoms with van der Waals surface area (Å²) in [6.07, 6.45) is 5.43.